The second-order valence-electron chi connectivity index (χ2n) is 3.90. The summed E-state index contributed by atoms with van der Waals surface area (Å²) in [6.07, 6.45) is 0. The fourth-order valence-electron chi connectivity index (χ4n) is 1.86. The van der Waals surface area contributed by atoms with Crippen molar-refractivity contribution in [2.45, 2.75) is 0 Å². The highest BCUT2D eigenvalue weighted by atomic mass is 35.5. The topological polar surface area (TPSA) is 35.5 Å². The summed E-state index contributed by atoms with van der Waals surface area (Å²) in [7, 11) is 2.79. The summed E-state index contributed by atoms with van der Waals surface area (Å²) in [5.74, 6) is -0.148. The Morgan fingerprint density at radius 1 is 1.05 bits per heavy atom. The molecule has 0 aliphatic rings. The minimum atomic E-state index is -0.475. The number of hydrogen-bond donors (Lipinski definition) is 0. The molecule has 0 spiro atoms. The number of carbonyl (C=O) groups is 1. The standard InChI is InChI=1S/C15H13ClO3/c1-18-14-12(15(17)19-2)8-11(9-13(14)16)10-6-4-3-5-7-10/h3-9H,1-2H3. The molecule has 0 bridgehead atoms. The van der Waals surface area contributed by atoms with Crippen LogP contribution >= 0.6 is 11.6 Å². The first-order valence-electron chi connectivity index (χ1n) is 5.68. The third-order valence-electron chi connectivity index (χ3n) is 2.76. The quantitative estimate of drug-likeness (QED) is 0.800. The van der Waals surface area contributed by atoms with E-state index in [1.807, 2.05) is 30.3 Å². The molecule has 2 aromatic carbocycles. The fourth-order valence-corrected chi connectivity index (χ4v) is 2.16. The van der Waals surface area contributed by atoms with Gasteiger partial charge in [-0.25, -0.2) is 4.79 Å². The SMILES string of the molecule is COC(=O)c1cc(-c2ccccc2)cc(Cl)c1OC. The Morgan fingerprint density at radius 3 is 2.32 bits per heavy atom. The Balaban J connectivity index is 2.60. The molecule has 0 saturated carbocycles. The third kappa shape index (κ3) is 2.71. The maximum atomic E-state index is 11.8. The first kappa shape index (κ1) is 13.4. The number of benzene rings is 2. The van der Waals surface area contributed by atoms with E-state index in [1.54, 1.807) is 12.1 Å². The average molecular weight is 277 g/mol. The van der Waals surface area contributed by atoms with Gasteiger partial charge in [0, 0.05) is 0 Å². The van der Waals surface area contributed by atoms with Crippen LogP contribution in [-0.4, -0.2) is 20.2 Å². The number of hydrogen-bond acceptors (Lipinski definition) is 3. The highest BCUT2D eigenvalue weighted by Crippen LogP contribution is 2.34. The Hall–Kier alpha value is -2.00. The first-order chi connectivity index (χ1) is 9.17. The fraction of sp³-hybridized carbons (Fsp3) is 0.133. The molecule has 0 aromatic heterocycles. The third-order valence-corrected chi connectivity index (χ3v) is 3.04. The van der Waals surface area contributed by atoms with Gasteiger partial charge in [0.15, 0.2) is 5.75 Å². The Morgan fingerprint density at radius 2 is 1.74 bits per heavy atom. The van der Waals surface area contributed by atoms with E-state index in [2.05, 4.69) is 0 Å². The van der Waals surface area contributed by atoms with Crippen LogP contribution in [0.2, 0.25) is 5.02 Å². The van der Waals surface area contributed by atoms with Gasteiger partial charge in [0.2, 0.25) is 0 Å². The highest BCUT2D eigenvalue weighted by Gasteiger charge is 2.17. The van der Waals surface area contributed by atoms with Gasteiger partial charge in [0.25, 0.3) is 0 Å². The molecule has 0 heterocycles. The minimum Gasteiger partial charge on any atom is -0.494 e. The molecule has 0 aliphatic heterocycles. The van der Waals surface area contributed by atoms with Crippen molar-refractivity contribution in [1.82, 2.24) is 0 Å². The maximum absolute atomic E-state index is 11.8. The molecule has 2 rings (SSSR count). The molecule has 0 amide bonds. The van der Waals surface area contributed by atoms with E-state index < -0.39 is 5.97 Å². The predicted molar refractivity (Wildman–Crippen MR) is 74.8 cm³/mol. The summed E-state index contributed by atoms with van der Waals surface area (Å²) in [6, 6.07) is 13.1. The van der Waals surface area contributed by atoms with Crippen LogP contribution in [0.25, 0.3) is 11.1 Å². The van der Waals surface area contributed by atoms with Crippen LogP contribution in [0.4, 0.5) is 0 Å². The van der Waals surface area contributed by atoms with Crippen molar-refractivity contribution < 1.29 is 14.3 Å². The van der Waals surface area contributed by atoms with E-state index in [-0.39, 0.29) is 0 Å². The van der Waals surface area contributed by atoms with Crippen molar-refractivity contribution in [2.75, 3.05) is 14.2 Å². The lowest BCUT2D eigenvalue weighted by Crippen LogP contribution is -2.05. The minimum absolute atomic E-state index is 0.316. The molecule has 98 valence electrons. The van der Waals surface area contributed by atoms with Gasteiger partial charge in [-0.05, 0) is 23.3 Å². The molecule has 0 atom stereocenters. The van der Waals surface area contributed by atoms with Crippen LogP contribution in [0, 0.1) is 0 Å². The first-order valence-corrected chi connectivity index (χ1v) is 6.06. The molecule has 19 heavy (non-hydrogen) atoms. The van der Waals surface area contributed by atoms with Crippen molar-refractivity contribution in [3.8, 4) is 16.9 Å². The van der Waals surface area contributed by atoms with Gasteiger partial charge >= 0.3 is 5.97 Å². The van der Waals surface area contributed by atoms with Crippen LogP contribution in [0.5, 0.6) is 5.75 Å². The van der Waals surface area contributed by atoms with E-state index in [0.717, 1.165) is 11.1 Å². The van der Waals surface area contributed by atoms with Crippen LogP contribution in [0.1, 0.15) is 10.4 Å². The van der Waals surface area contributed by atoms with E-state index in [0.29, 0.717) is 16.3 Å². The largest absolute Gasteiger partial charge is 0.494 e. The van der Waals surface area contributed by atoms with Gasteiger partial charge in [-0.2, -0.15) is 0 Å². The van der Waals surface area contributed by atoms with Crippen molar-refractivity contribution in [3.05, 3.63) is 53.1 Å². The smallest absolute Gasteiger partial charge is 0.341 e. The van der Waals surface area contributed by atoms with Crippen LogP contribution < -0.4 is 4.74 Å². The summed E-state index contributed by atoms with van der Waals surface area (Å²) < 4.78 is 9.90. The number of halogens is 1. The lowest BCUT2D eigenvalue weighted by atomic mass is 10.0. The summed E-state index contributed by atoms with van der Waals surface area (Å²) in [6.45, 7) is 0. The van der Waals surface area contributed by atoms with Gasteiger partial charge in [-0.15, -0.1) is 0 Å². The summed E-state index contributed by atoms with van der Waals surface area (Å²) in [5, 5.41) is 0.379. The zero-order valence-corrected chi connectivity index (χ0v) is 11.4. The molecule has 2 aromatic rings. The van der Waals surface area contributed by atoms with E-state index in [9.17, 15) is 4.79 Å². The lowest BCUT2D eigenvalue weighted by molar-refractivity contribution is 0.0597. The number of esters is 1. The van der Waals surface area contributed by atoms with Crippen molar-refractivity contribution in [2.24, 2.45) is 0 Å². The van der Waals surface area contributed by atoms with Crippen molar-refractivity contribution in [3.63, 3.8) is 0 Å². The van der Waals surface area contributed by atoms with Crippen molar-refractivity contribution in [1.29, 1.82) is 0 Å². The number of rotatable bonds is 3. The molecule has 0 radical (unpaired) electrons. The molecule has 0 aliphatic carbocycles. The van der Waals surface area contributed by atoms with Crippen LogP contribution in [0.3, 0.4) is 0 Å². The van der Waals surface area contributed by atoms with Crippen LogP contribution in [0.15, 0.2) is 42.5 Å². The van der Waals surface area contributed by atoms with Gasteiger partial charge in [0.05, 0.1) is 19.2 Å². The maximum Gasteiger partial charge on any atom is 0.341 e. The lowest BCUT2D eigenvalue weighted by Gasteiger charge is -2.11. The van der Waals surface area contributed by atoms with E-state index in [1.165, 1.54) is 14.2 Å². The highest BCUT2D eigenvalue weighted by molar-refractivity contribution is 6.33. The Kier molecular flexibility index (Phi) is 4.07. The number of methoxy groups -OCH3 is 2. The molecule has 0 unspecified atom stereocenters. The summed E-state index contributed by atoms with van der Waals surface area (Å²) in [4.78, 5) is 11.8. The van der Waals surface area contributed by atoms with Gasteiger partial charge in [0.1, 0.15) is 5.56 Å². The summed E-state index contributed by atoms with van der Waals surface area (Å²) in [5.41, 5.74) is 2.13. The van der Waals surface area contributed by atoms with Gasteiger partial charge in [-0.1, -0.05) is 41.9 Å². The average Bonchev–Trinajstić information content (AvgIpc) is 2.46. The molecule has 0 N–H and O–H groups in total. The van der Waals surface area contributed by atoms with Crippen molar-refractivity contribution >= 4 is 17.6 Å². The number of carbonyl (C=O) groups excluding carboxylic acids is 1. The molecule has 0 saturated heterocycles. The molecule has 4 heteroatoms. The Labute approximate surface area is 116 Å². The zero-order valence-electron chi connectivity index (χ0n) is 10.6. The normalized spacial score (nSPS) is 10.1. The van der Waals surface area contributed by atoms with E-state index in [4.69, 9.17) is 21.1 Å². The predicted octanol–water partition coefficient (Wildman–Crippen LogP) is 3.80. The molecular weight excluding hydrogens is 264 g/mol. The van der Waals surface area contributed by atoms with Gasteiger partial charge in [-0.3, -0.25) is 0 Å². The molecule has 0 fully saturated rings. The Bertz CT molecular complexity index is 594. The molecule has 3 nitrogen and oxygen atoms in total. The second-order valence-corrected chi connectivity index (χ2v) is 4.30. The monoisotopic (exact) mass is 276 g/mol. The second kappa shape index (κ2) is 5.76. The molecular formula is C15H13ClO3. The van der Waals surface area contributed by atoms with Crippen LogP contribution in [-0.2, 0) is 4.74 Å². The van der Waals surface area contributed by atoms with Gasteiger partial charge < -0.3 is 9.47 Å². The number of ether oxygens (including phenoxy) is 2. The van der Waals surface area contributed by atoms with E-state index >= 15 is 0 Å². The summed E-state index contributed by atoms with van der Waals surface area (Å²) >= 11 is 6.15. The zero-order chi connectivity index (χ0) is 13.8.